The van der Waals surface area contributed by atoms with Gasteiger partial charge < -0.3 is 14.8 Å². The summed E-state index contributed by atoms with van der Waals surface area (Å²) >= 11 is 0. The Morgan fingerprint density at radius 3 is 2.91 bits per heavy atom. The van der Waals surface area contributed by atoms with Gasteiger partial charge in [0.2, 0.25) is 11.8 Å². The highest BCUT2D eigenvalue weighted by Crippen LogP contribution is 2.25. The fraction of sp³-hybridized carbons (Fsp3) is 0.471. The van der Waals surface area contributed by atoms with Gasteiger partial charge in [-0.05, 0) is 31.0 Å². The topological polar surface area (TPSA) is 88.2 Å². The third kappa shape index (κ3) is 3.59. The van der Waals surface area contributed by atoms with Gasteiger partial charge in [0, 0.05) is 36.6 Å². The molecule has 0 bridgehead atoms. The van der Waals surface area contributed by atoms with Crippen molar-refractivity contribution in [3.8, 4) is 11.5 Å². The SMILES string of the molecule is Cc1nnc(-c2cccc(C(=O)NC3CCCCC3CO)c2)o1. The first-order chi connectivity index (χ1) is 11.2. The zero-order valence-electron chi connectivity index (χ0n) is 13.2. The molecule has 0 radical (unpaired) electrons. The summed E-state index contributed by atoms with van der Waals surface area (Å²) in [7, 11) is 0. The number of aliphatic hydroxyl groups is 1. The van der Waals surface area contributed by atoms with Crippen LogP contribution in [0.1, 0.15) is 41.9 Å². The average molecular weight is 315 g/mol. The van der Waals surface area contributed by atoms with Crippen LogP contribution in [0.25, 0.3) is 11.5 Å². The summed E-state index contributed by atoms with van der Waals surface area (Å²) in [6.07, 6.45) is 4.08. The van der Waals surface area contributed by atoms with E-state index in [0.29, 0.717) is 17.3 Å². The van der Waals surface area contributed by atoms with Crippen LogP contribution in [0.4, 0.5) is 0 Å². The highest BCUT2D eigenvalue weighted by atomic mass is 16.4. The maximum atomic E-state index is 12.5. The molecule has 6 nitrogen and oxygen atoms in total. The zero-order valence-corrected chi connectivity index (χ0v) is 13.2. The molecule has 1 fully saturated rings. The van der Waals surface area contributed by atoms with Crippen molar-refractivity contribution >= 4 is 5.91 Å². The normalized spacial score (nSPS) is 21.1. The van der Waals surface area contributed by atoms with Crippen LogP contribution in [0.5, 0.6) is 0 Å². The Balaban J connectivity index is 1.74. The van der Waals surface area contributed by atoms with Crippen LogP contribution in [0.2, 0.25) is 0 Å². The lowest BCUT2D eigenvalue weighted by atomic mass is 9.85. The molecule has 1 aromatic carbocycles. The number of carbonyl (C=O) groups is 1. The van der Waals surface area contributed by atoms with Gasteiger partial charge in [0.05, 0.1) is 0 Å². The second kappa shape index (κ2) is 6.91. The number of nitrogens with one attached hydrogen (secondary N) is 1. The molecule has 2 N–H and O–H groups in total. The van der Waals surface area contributed by atoms with Crippen molar-refractivity contribution in [1.29, 1.82) is 0 Å². The highest BCUT2D eigenvalue weighted by molar-refractivity contribution is 5.95. The molecule has 0 aliphatic heterocycles. The van der Waals surface area contributed by atoms with E-state index < -0.39 is 0 Å². The summed E-state index contributed by atoms with van der Waals surface area (Å²) in [4.78, 5) is 12.5. The summed E-state index contributed by atoms with van der Waals surface area (Å²) in [5, 5.41) is 20.3. The summed E-state index contributed by atoms with van der Waals surface area (Å²) in [5.74, 6) is 0.911. The first-order valence-electron chi connectivity index (χ1n) is 7.99. The molecule has 2 aromatic rings. The van der Waals surface area contributed by atoms with Gasteiger partial charge in [-0.15, -0.1) is 10.2 Å². The number of amides is 1. The molecule has 1 aliphatic rings. The third-order valence-corrected chi connectivity index (χ3v) is 4.36. The Labute approximate surface area is 134 Å². The van der Waals surface area contributed by atoms with E-state index >= 15 is 0 Å². The van der Waals surface area contributed by atoms with Gasteiger partial charge in [-0.25, -0.2) is 0 Å². The van der Waals surface area contributed by atoms with E-state index in [1.54, 1.807) is 25.1 Å². The second-order valence-corrected chi connectivity index (χ2v) is 6.01. The van der Waals surface area contributed by atoms with Gasteiger partial charge in [-0.3, -0.25) is 4.79 Å². The fourth-order valence-electron chi connectivity index (χ4n) is 3.07. The summed E-state index contributed by atoms with van der Waals surface area (Å²) in [5.41, 5.74) is 1.28. The molecule has 0 saturated heterocycles. The summed E-state index contributed by atoms with van der Waals surface area (Å²) < 4.78 is 5.40. The Kier molecular flexibility index (Phi) is 4.71. The number of aryl methyl sites for hydroxylation is 1. The number of nitrogens with zero attached hydrogens (tertiary/aromatic N) is 2. The lowest BCUT2D eigenvalue weighted by Gasteiger charge is -2.30. The summed E-state index contributed by atoms with van der Waals surface area (Å²) in [6, 6.07) is 7.18. The quantitative estimate of drug-likeness (QED) is 0.904. The molecule has 0 spiro atoms. The minimum Gasteiger partial charge on any atom is -0.421 e. The van der Waals surface area contributed by atoms with Crippen molar-refractivity contribution < 1.29 is 14.3 Å². The monoisotopic (exact) mass is 315 g/mol. The molecular formula is C17H21N3O3. The smallest absolute Gasteiger partial charge is 0.251 e. The fourth-order valence-corrected chi connectivity index (χ4v) is 3.07. The lowest BCUT2D eigenvalue weighted by Crippen LogP contribution is -2.43. The number of rotatable bonds is 4. The standard InChI is InChI=1S/C17H21N3O3/c1-11-19-20-17(23-11)13-7-4-6-12(9-13)16(22)18-15-8-3-2-5-14(15)10-21/h4,6-7,9,14-15,21H,2-3,5,8,10H2,1H3,(H,18,22). The molecular weight excluding hydrogens is 294 g/mol. The second-order valence-electron chi connectivity index (χ2n) is 6.01. The molecule has 1 aromatic heterocycles. The number of aromatic nitrogens is 2. The van der Waals surface area contributed by atoms with Crippen molar-refractivity contribution in [3.63, 3.8) is 0 Å². The molecule has 122 valence electrons. The highest BCUT2D eigenvalue weighted by Gasteiger charge is 2.26. The van der Waals surface area contributed by atoms with Crippen molar-refractivity contribution in [3.05, 3.63) is 35.7 Å². The molecule has 1 amide bonds. The Hall–Kier alpha value is -2.21. The van der Waals surface area contributed by atoms with Gasteiger partial charge in [-0.1, -0.05) is 18.9 Å². The molecule has 2 atom stereocenters. The van der Waals surface area contributed by atoms with Crippen molar-refractivity contribution in [2.24, 2.45) is 5.92 Å². The maximum Gasteiger partial charge on any atom is 0.251 e. The molecule has 1 heterocycles. The molecule has 3 rings (SSSR count). The molecule has 2 unspecified atom stereocenters. The van der Waals surface area contributed by atoms with Crippen LogP contribution in [0.15, 0.2) is 28.7 Å². The van der Waals surface area contributed by atoms with Gasteiger partial charge in [0.15, 0.2) is 0 Å². The van der Waals surface area contributed by atoms with Gasteiger partial charge in [0.1, 0.15) is 0 Å². The van der Waals surface area contributed by atoms with Crippen molar-refractivity contribution in [2.75, 3.05) is 6.61 Å². The van der Waals surface area contributed by atoms with Crippen LogP contribution in [-0.4, -0.2) is 33.9 Å². The minimum absolute atomic E-state index is 0.0376. The summed E-state index contributed by atoms with van der Waals surface area (Å²) in [6.45, 7) is 1.84. The van der Waals surface area contributed by atoms with Gasteiger partial charge >= 0.3 is 0 Å². The van der Waals surface area contributed by atoms with Gasteiger partial charge in [-0.2, -0.15) is 0 Å². The molecule has 23 heavy (non-hydrogen) atoms. The first kappa shape index (κ1) is 15.7. The first-order valence-corrected chi connectivity index (χ1v) is 7.99. The van der Waals surface area contributed by atoms with Crippen LogP contribution in [0.3, 0.4) is 0 Å². The van der Waals surface area contributed by atoms with E-state index in [4.69, 9.17) is 4.42 Å². The zero-order chi connectivity index (χ0) is 16.2. The van der Waals surface area contributed by atoms with Crippen molar-refractivity contribution in [1.82, 2.24) is 15.5 Å². The molecule has 1 aliphatic carbocycles. The van der Waals surface area contributed by atoms with E-state index in [2.05, 4.69) is 15.5 Å². The number of hydrogen-bond acceptors (Lipinski definition) is 5. The maximum absolute atomic E-state index is 12.5. The van der Waals surface area contributed by atoms with Crippen LogP contribution < -0.4 is 5.32 Å². The molecule has 1 saturated carbocycles. The average Bonchev–Trinajstić information content (AvgIpc) is 3.02. The van der Waals surface area contributed by atoms with Crippen LogP contribution >= 0.6 is 0 Å². The van der Waals surface area contributed by atoms with E-state index in [9.17, 15) is 9.90 Å². The number of carbonyl (C=O) groups excluding carboxylic acids is 1. The van der Waals surface area contributed by atoms with E-state index in [1.807, 2.05) is 6.07 Å². The van der Waals surface area contributed by atoms with E-state index in [1.165, 1.54) is 0 Å². The van der Waals surface area contributed by atoms with E-state index in [-0.39, 0.29) is 24.5 Å². The Morgan fingerprint density at radius 2 is 2.17 bits per heavy atom. The van der Waals surface area contributed by atoms with Crippen LogP contribution in [-0.2, 0) is 0 Å². The Morgan fingerprint density at radius 1 is 1.35 bits per heavy atom. The largest absolute Gasteiger partial charge is 0.421 e. The van der Waals surface area contributed by atoms with Gasteiger partial charge in [0.25, 0.3) is 5.91 Å². The van der Waals surface area contributed by atoms with Crippen LogP contribution in [0, 0.1) is 12.8 Å². The van der Waals surface area contributed by atoms with E-state index in [0.717, 1.165) is 31.2 Å². The predicted octanol–water partition coefficient (Wildman–Crippen LogP) is 2.33. The van der Waals surface area contributed by atoms with Crippen molar-refractivity contribution in [2.45, 2.75) is 38.6 Å². The molecule has 6 heteroatoms. The lowest BCUT2D eigenvalue weighted by molar-refractivity contribution is 0.0872. The Bertz CT molecular complexity index is 683. The minimum atomic E-state index is -0.131. The number of hydrogen-bond donors (Lipinski definition) is 2. The third-order valence-electron chi connectivity index (χ3n) is 4.36. The predicted molar refractivity (Wildman–Crippen MR) is 84.8 cm³/mol. The number of benzene rings is 1. The number of aliphatic hydroxyl groups excluding tert-OH is 1.